The van der Waals surface area contributed by atoms with Crippen LogP contribution in [-0.4, -0.2) is 9.78 Å². The lowest BCUT2D eigenvalue weighted by molar-refractivity contribution is 0.625. The van der Waals surface area contributed by atoms with Crippen molar-refractivity contribution in [2.45, 2.75) is 0 Å². The lowest BCUT2D eigenvalue weighted by Gasteiger charge is -2.00. The van der Waals surface area contributed by atoms with Crippen LogP contribution in [0.1, 0.15) is 5.69 Å². The Morgan fingerprint density at radius 1 is 1.40 bits per heavy atom. The number of benzene rings is 1. The van der Waals surface area contributed by atoms with E-state index < -0.39 is 11.4 Å². The van der Waals surface area contributed by atoms with Crippen LogP contribution in [-0.2, 0) is 0 Å². The van der Waals surface area contributed by atoms with E-state index in [2.05, 4.69) is 5.10 Å². The number of hydrogen-bond acceptors (Lipinski definition) is 2. The molecule has 0 aliphatic rings. The summed E-state index contributed by atoms with van der Waals surface area (Å²) < 4.78 is 14.0. The Balaban J connectivity index is 2.60. The Morgan fingerprint density at radius 2 is 2.20 bits per heavy atom. The van der Waals surface area contributed by atoms with E-state index in [1.807, 2.05) is 0 Å². The first-order valence-electron chi connectivity index (χ1n) is 4.19. The fourth-order valence-corrected chi connectivity index (χ4v) is 1.26. The lowest BCUT2D eigenvalue weighted by atomic mass is 10.3. The zero-order valence-electron chi connectivity index (χ0n) is 7.57. The highest BCUT2D eigenvalue weighted by Crippen LogP contribution is 2.06. The first kappa shape index (κ1) is 9.21. The predicted molar refractivity (Wildman–Crippen MR) is 51.1 cm³/mol. The molecule has 0 radical (unpaired) electrons. The Labute approximate surface area is 84.2 Å². The highest BCUT2D eigenvalue weighted by molar-refractivity contribution is 5.32. The van der Waals surface area contributed by atoms with Crippen LogP contribution in [0.25, 0.3) is 5.69 Å². The van der Waals surface area contributed by atoms with Gasteiger partial charge in [-0.3, -0.25) is 9.89 Å². The van der Waals surface area contributed by atoms with Crippen molar-refractivity contribution >= 4 is 0 Å². The molecule has 0 aliphatic heterocycles. The van der Waals surface area contributed by atoms with Crippen molar-refractivity contribution in [1.29, 1.82) is 5.26 Å². The van der Waals surface area contributed by atoms with Gasteiger partial charge >= 0.3 is 0 Å². The van der Waals surface area contributed by atoms with E-state index in [0.717, 1.165) is 10.7 Å². The maximum Gasteiger partial charge on any atom is 0.272 e. The summed E-state index contributed by atoms with van der Waals surface area (Å²) in [6.45, 7) is 0. The molecule has 15 heavy (non-hydrogen) atoms. The molecule has 1 aromatic carbocycles. The molecule has 1 aromatic heterocycles. The third-order valence-corrected chi connectivity index (χ3v) is 1.91. The smallest absolute Gasteiger partial charge is 0.272 e. The molecule has 74 valence electrons. The van der Waals surface area contributed by atoms with E-state index in [9.17, 15) is 9.18 Å². The molecule has 0 atom stereocenters. The Hall–Kier alpha value is -2.35. The second-order valence-corrected chi connectivity index (χ2v) is 2.94. The Kier molecular flexibility index (Phi) is 2.10. The molecule has 0 bridgehead atoms. The fraction of sp³-hybridized carbons (Fsp3) is 0. The average molecular weight is 203 g/mol. The van der Waals surface area contributed by atoms with Gasteiger partial charge in [0, 0.05) is 6.07 Å². The number of nitriles is 1. The van der Waals surface area contributed by atoms with Gasteiger partial charge in [0.2, 0.25) is 0 Å². The van der Waals surface area contributed by atoms with Crippen molar-refractivity contribution in [3.63, 3.8) is 0 Å². The van der Waals surface area contributed by atoms with Crippen molar-refractivity contribution in [3.05, 3.63) is 52.2 Å². The van der Waals surface area contributed by atoms with Gasteiger partial charge in [-0.05, 0) is 18.2 Å². The molecule has 0 saturated heterocycles. The van der Waals surface area contributed by atoms with Crippen LogP contribution in [0, 0.1) is 17.1 Å². The molecule has 0 fully saturated rings. The number of H-pyrrole nitrogens is 1. The van der Waals surface area contributed by atoms with Crippen LogP contribution < -0.4 is 5.56 Å². The Bertz CT molecular complexity index is 591. The van der Waals surface area contributed by atoms with Crippen LogP contribution in [0.5, 0.6) is 0 Å². The van der Waals surface area contributed by atoms with Gasteiger partial charge in [-0.2, -0.15) is 5.26 Å². The lowest BCUT2D eigenvalue weighted by Crippen LogP contribution is -2.13. The highest BCUT2D eigenvalue weighted by Gasteiger charge is 2.04. The van der Waals surface area contributed by atoms with Gasteiger partial charge in [-0.25, -0.2) is 9.07 Å². The third-order valence-electron chi connectivity index (χ3n) is 1.91. The number of hydrogen-bond donors (Lipinski definition) is 1. The number of rotatable bonds is 1. The number of nitrogens with one attached hydrogen (secondary N) is 1. The van der Waals surface area contributed by atoms with Gasteiger partial charge in [0.25, 0.3) is 5.56 Å². The molecular formula is C10H6FN3O. The van der Waals surface area contributed by atoms with Crippen LogP contribution in [0.3, 0.4) is 0 Å². The Morgan fingerprint density at radius 3 is 2.80 bits per heavy atom. The zero-order chi connectivity index (χ0) is 10.8. The van der Waals surface area contributed by atoms with Crippen molar-refractivity contribution in [2.75, 3.05) is 0 Å². The van der Waals surface area contributed by atoms with Crippen LogP contribution >= 0.6 is 0 Å². The highest BCUT2D eigenvalue weighted by atomic mass is 19.1. The molecular weight excluding hydrogens is 197 g/mol. The molecule has 1 N–H and O–H groups in total. The monoisotopic (exact) mass is 203 g/mol. The first-order chi connectivity index (χ1) is 7.20. The topological polar surface area (TPSA) is 61.6 Å². The number of nitrogens with zero attached hydrogens (tertiary/aromatic N) is 2. The molecule has 0 unspecified atom stereocenters. The molecule has 5 heteroatoms. The summed E-state index contributed by atoms with van der Waals surface area (Å²) in [4.78, 5) is 11.4. The van der Waals surface area contributed by atoms with E-state index in [0.29, 0.717) is 5.69 Å². The summed E-state index contributed by atoms with van der Waals surface area (Å²) in [5.41, 5.74) is 0.114. The molecule has 1 heterocycles. The average Bonchev–Trinajstić information content (AvgIpc) is 2.60. The predicted octanol–water partition coefficient (Wildman–Crippen LogP) is 1.18. The quantitative estimate of drug-likeness (QED) is 0.756. The maximum absolute atomic E-state index is 12.9. The second kappa shape index (κ2) is 3.42. The van der Waals surface area contributed by atoms with Crippen LogP contribution in [0.2, 0.25) is 0 Å². The van der Waals surface area contributed by atoms with E-state index in [1.54, 1.807) is 12.1 Å². The molecule has 4 nitrogen and oxygen atoms in total. The molecule has 2 aromatic rings. The number of aromatic nitrogens is 2. The summed E-state index contributed by atoms with van der Waals surface area (Å²) in [6.07, 6.45) is 0. The number of halogens is 1. The molecule has 0 saturated carbocycles. The van der Waals surface area contributed by atoms with Gasteiger partial charge in [-0.15, -0.1) is 0 Å². The standard InChI is InChI=1S/C10H6FN3O/c11-7-2-1-3-9(4-7)14-10(15)5-8(6-12)13-14/h1-5,13H. The molecule has 2 rings (SSSR count). The van der Waals surface area contributed by atoms with Crippen molar-refractivity contribution in [1.82, 2.24) is 9.78 Å². The largest absolute Gasteiger partial charge is 0.281 e. The number of aromatic amines is 1. The maximum atomic E-state index is 12.9. The minimum atomic E-state index is -0.437. The van der Waals surface area contributed by atoms with Crippen molar-refractivity contribution in [3.8, 4) is 11.8 Å². The fourth-order valence-electron chi connectivity index (χ4n) is 1.26. The summed E-state index contributed by atoms with van der Waals surface area (Å²) in [6, 6.07) is 8.51. The summed E-state index contributed by atoms with van der Waals surface area (Å²) >= 11 is 0. The summed E-state index contributed by atoms with van der Waals surface area (Å²) in [5, 5.41) is 11.1. The van der Waals surface area contributed by atoms with Gasteiger partial charge in [0.05, 0.1) is 5.69 Å². The van der Waals surface area contributed by atoms with Gasteiger partial charge < -0.3 is 0 Å². The first-order valence-corrected chi connectivity index (χ1v) is 4.19. The van der Waals surface area contributed by atoms with Crippen LogP contribution in [0.15, 0.2) is 35.1 Å². The van der Waals surface area contributed by atoms with Gasteiger partial charge in [0.15, 0.2) is 0 Å². The van der Waals surface area contributed by atoms with E-state index in [4.69, 9.17) is 5.26 Å². The van der Waals surface area contributed by atoms with Crippen molar-refractivity contribution < 1.29 is 4.39 Å². The van der Waals surface area contributed by atoms with E-state index >= 15 is 0 Å². The zero-order valence-corrected chi connectivity index (χ0v) is 7.57. The SMILES string of the molecule is N#Cc1cc(=O)n(-c2cccc(F)c2)[nH]1. The van der Waals surface area contributed by atoms with Gasteiger partial charge in [0.1, 0.15) is 17.6 Å². The van der Waals surface area contributed by atoms with E-state index in [1.165, 1.54) is 18.2 Å². The third kappa shape index (κ3) is 1.65. The minimum Gasteiger partial charge on any atom is -0.281 e. The second-order valence-electron chi connectivity index (χ2n) is 2.94. The minimum absolute atomic E-state index is 0.143. The van der Waals surface area contributed by atoms with Gasteiger partial charge in [-0.1, -0.05) is 6.07 Å². The van der Waals surface area contributed by atoms with Crippen molar-refractivity contribution in [2.24, 2.45) is 0 Å². The molecule has 0 spiro atoms. The molecule has 0 amide bonds. The van der Waals surface area contributed by atoms with E-state index in [-0.39, 0.29) is 5.69 Å². The molecule has 0 aliphatic carbocycles. The summed E-state index contributed by atoms with van der Waals surface area (Å²) in [5.74, 6) is -0.437. The van der Waals surface area contributed by atoms with Crippen LogP contribution in [0.4, 0.5) is 4.39 Å². The summed E-state index contributed by atoms with van der Waals surface area (Å²) in [7, 11) is 0. The normalized spacial score (nSPS) is 9.87.